The molecule has 0 saturated carbocycles. The molecule has 0 fully saturated rings. The summed E-state index contributed by atoms with van der Waals surface area (Å²) < 4.78 is 39.6. The van der Waals surface area contributed by atoms with Gasteiger partial charge in [0.15, 0.2) is 0 Å². The second kappa shape index (κ2) is 4.82. The molecule has 0 aliphatic heterocycles. The minimum Gasteiger partial charge on any atom is -0.239 e. The SMILES string of the molecule is Cc1cn(S(=O)(=O)c2cccc(F)c2)c2ccc(Cl)nc12. The molecular weight excluding hydrogens is 315 g/mol. The van der Waals surface area contributed by atoms with Crippen LogP contribution in [-0.2, 0) is 10.0 Å². The Balaban J connectivity index is 2.29. The molecule has 2 aromatic heterocycles. The van der Waals surface area contributed by atoms with Crippen LogP contribution in [0, 0.1) is 12.7 Å². The van der Waals surface area contributed by atoms with E-state index in [0.717, 1.165) is 10.0 Å². The third-order valence-corrected chi connectivity index (χ3v) is 4.99. The van der Waals surface area contributed by atoms with E-state index in [4.69, 9.17) is 11.6 Å². The number of halogens is 2. The molecule has 0 radical (unpaired) electrons. The van der Waals surface area contributed by atoms with Crippen molar-refractivity contribution in [1.82, 2.24) is 8.96 Å². The smallest absolute Gasteiger partial charge is 0.239 e. The van der Waals surface area contributed by atoms with E-state index in [1.807, 2.05) is 0 Å². The van der Waals surface area contributed by atoms with Crippen molar-refractivity contribution < 1.29 is 12.8 Å². The van der Waals surface area contributed by atoms with Gasteiger partial charge in [-0.3, -0.25) is 0 Å². The predicted octanol–water partition coefficient (Wildman–Crippen LogP) is 3.37. The summed E-state index contributed by atoms with van der Waals surface area (Å²) >= 11 is 5.83. The lowest BCUT2D eigenvalue weighted by Gasteiger charge is -2.07. The topological polar surface area (TPSA) is 52.0 Å². The van der Waals surface area contributed by atoms with Crippen LogP contribution in [0.1, 0.15) is 5.56 Å². The molecule has 0 unspecified atom stereocenters. The molecule has 0 amide bonds. The first-order valence-corrected chi connectivity index (χ1v) is 7.87. The molecule has 2 heterocycles. The molecule has 108 valence electrons. The van der Waals surface area contributed by atoms with Crippen molar-refractivity contribution in [2.75, 3.05) is 0 Å². The lowest BCUT2D eigenvalue weighted by molar-refractivity contribution is 0.584. The van der Waals surface area contributed by atoms with Crippen molar-refractivity contribution in [2.45, 2.75) is 11.8 Å². The predicted molar refractivity (Wildman–Crippen MR) is 78.5 cm³/mol. The van der Waals surface area contributed by atoms with Crippen LogP contribution in [0.5, 0.6) is 0 Å². The summed E-state index contributed by atoms with van der Waals surface area (Å²) in [7, 11) is -3.89. The highest BCUT2D eigenvalue weighted by Gasteiger charge is 2.21. The van der Waals surface area contributed by atoms with E-state index in [1.54, 1.807) is 13.0 Å². The first-order chi connectivity index (χ1) is 9.89. The molecular formula is C14H10ClFN2O2S. The fourth-order valence-electron chi connectivity index (χ4n) is 2.14. The number of pyridine rings is 1. The minimum absolute atomic E-state index is 0.116. The van der Waals surface area contributed by atoms with Crippen LogP contribution in [0.3, 0.4) is 0 Å². The van der Waals surface area contributed by atoms with Gasteiger partial charge in [0.25, 0.3) is 10.0 Å². The van der Waals surface area contributed by atoms with Gasteiger partial charge >= 0.3 is 0 Å². The average Bonchev–Trinajstić information content (AvgIpc) is 2.76. The lowest BCUT2D eigenvalue weighted by Crippen LogP contribution is -2.12. The highest BCUT2D eigenvalue weighted by atomic mass is 35.5. The number of rotatable bonds is 2. The molecule has 0 saturated heterocycles. The summed E-state index contributed by atoms with van der Waals surface area (Å²) in [6.45, 7) is 1.74. The van der Waals surface area contributed by atoms with Crippen molar-refractivity contribution in [3.63, 3.8) is 0 Å². The van der Waals surface area contributed by atoms with Gasteiger partial charge < -0.3 is 0 Å². The van der Waals surface area contributed by atoms with Gasteiger partial charge in [-0.25, -0.2) is 21.8 Å². The van der Waals surface area contributed by atoms with Crippen LogP contribution in [-0.4, -0.2) is 17.4 Å². The summed E-state index contributed by atoms with van der Waals surface area (Å²) in [6, 6.07) is 7.98. The second-order valence-electron chi connectivity index (χ2n) is 4.57. The maximum absolute atomic E-state index is 13.3. The van der Waals surface area contributed by atoms with E-state index in [2.05, 4.69) is 4.98 Å². The van der Waals surface area contributed by atoms with E-state index in [9.17, 15) is 12.8 Å². The third kappa shape index (κ3) is 2.30. The summed E-state index contributed by atoms with van der Waals surface area (Å²) in [4.78, 5) is 4.01. The van der Waals surface area contributed by atoms with E-state index in [1.165, 1.54) is 30.5 Å². The largest absolute Gasteiger partial charge is 0.268 e. The molecule has 0 bridgehead atoms. The van der Waals surface area contributed by atoms with Gasteiger partial charge in [-0.15, -0.1) is 0 Å². The Hall–Kier alpha value is -1.92. The van der Waals surface area contributed by atoms with E-state index >= 15 is 0 Å². The number of aromatic nitrogens is 2. The van der Waals surface area contributed by atoms with Crippen molar-refractivity contribution >= 4 is 32.7 Å². The van der Waals surface area contributed by atoms with Crippen LogP contribution >= 0.6 is 11.6 Å². The van der Waals surface area contributed by atoms with Crippen molar-refractivity contribution in [3.8, 4) is 0 Å². The van der Waals surface area contributed by atoms with Gasteiger partial charge in [0.1, 0.15) is 11.0 Å². The number of benzene rings is 1. The molecule has 21 heavy (non-hydrogen) atoms. The Morgan fingerprint density at radius 3 is 2.71 bits per heavy atom. The van der Waals surface area contributed by atoms with Crippen LogP contribution in [0.2, 0.25) is 5.15 Å². The maximum Gasteiger partial charge on any atom is 0.268 e. The Morgan fingerprint density at radius 1 is 1.24 bits per heavy atom. The summed E-state index contributed by atoms with van der Waals surface area (Å²) in [5, 5.41) is 0.284. The monoisotopic (exact) mass is 324 g/mol. The number of hydrogen-bond acceptors (Lipinski definition) is 3. The minimum atomic E-state index is -3.89. The zero-order valence-electron chi connectivity index (χ0n) is 10.9. The fraction of sp³-hybridized carbons (Fsp3) is 0.0714. The summed E-state index contributed by atoms with van der Waals surface area (Å²) in [5.74, 6) is -0.606. The van der Waals surface area contributed by atoms with Gasteiger partial charge in [0.2, 0.25) is 0 Å². The van der Waals surface area contributed by atoms with Gasteiger partial charge in [-0.05, 0) is 42.8 Å². The zero-order valence-corrected chi connectivity index (χ0v) is 12.5. The molecule has 0 atom stereocenters. The maximum atomic E-state index is 13.3. The van der Waals surface area contributed by atoms with Crippen molar-refractivity contribution in [2.24, 2.45) is 0 Å². The molecule has 4 nitrogen and oxygen atoms in total. The van der Waals surface area contributed by atoms with Crippen molar-refractivity contribution in [1.29, 1.82) is 0 Å². The number of hydrogen-bond donors (Lipinski definition) is 0. The third-order valence-electron chi connectivity index (χ3n) is 3.11. The first-order valence-electron chi connectivity index (χ1n) is 6.05. The zero-order chi connectivity index (χ0) is 15.2. The quantitative estimate of drug-likeness (QED) is 0.679. The van der Waals surface area contributed by atoms with Gasteiger partial charge in [0.05, 0.1) is 15.9 Å². The molecule has 0 aliphatic rings. The van der Waals surface area contributed by atoms with E-state index < -0.39 is 15.8 Å². The highest BCUT2D eigenvalue weighted by molar-refractivity contribution is 7.90. The van der Waals surface area contributed by atoms with E-state index in [-0.39, 0.29) is 10.0 Å². The molecule has 0 N–H and O–H groups in total. The summed E-state index contributed by atoms with van der Waals surface area (Å²) in [6.07, 6.45) is 1.45. The second-order valence-corrected chi connectivity index (χ2v) is 6.77. The molecule has 3 rings (SSSR count). The summed E-state index contributed by atoms with van der Waals surface area (Å²) in [5.41, 5.74) is 1.58. The number of nitrogens with zero attached hydrogens (tertiary/aromatic N) is 2. The standard InChI is InChI=1S/C14H10ClFN2O2S/c1-9-8-18(12-5-6-13(15)17-14(9)12)21(19,20)11-4-2-3-10(16)7-11/h2-8H,1H3. The van der Waals surface area contributed by atoms with E-state index in [0.29, 0.717) is 16.6 Å². The number of aryl methyl sites for hydroxylation is 1. The Bertz CT molecular complexity index is 951. The molecule has 0 spiro atoms. The fourth-order valence-corrected chi connectivity index (χ4v) is 3.73. The van der Waals surface area contributed by atoms with Crippen molar-refractivity contribution in [3.05, 3.63) is 59.1 Å². The van der Waals surface area contributed by atoms with Gasteiger partial charge in [-0.2, -0.15) is 0 Å². The van der Waals surface area contributed by atoms with Crippen LogP contribution in [0.15, 0.2) is 47.5 Å². The van der Waals surface area contributed by atoms with Crippen LogP contribution in [0.25, 0.3) is 11.0 Å². The molecule has 7 heteroatoms. The van der Waals surface area contributed by atoms with Gasteiger partial charge in [-0.1, -0.05) is 17.7 Å². The lowest BCUT2D eigenvalue weighted by atomic mass is 10.3. The molecule has 3 aromatic rings. The van der Waals surface area contributed by atoms with Crippen LogP contribution in [0.4, 0.5) is 4.39 Å². The normalized spacial score (nSPS) is 12.0. The number of fused-ring (bicyclic) bond motifs is 1. The highest BCUT2D eigenvalue weighted by Crippen LogP contribution is 2.25. The Morgan fingerprint density at radius 2 is 2.00 bits per heavy atom. The Kier molecular flexibility index (Phi) is 3.22. The van der Waals surface area contributed by atoms with Gasteiger partial charge in [0, 0.05) is 6.20 Å². The molecule has 0 aliphatic carbocycles. The first kappa shape index (κ1) is 14.0. The average molecular weight is 325 g/mol. The molecule has 1 aromatic carbocycles. The van der Waals surface area contributed by atoms with Crippen LogP contribution < -0.4 is 0 Å². The Labute approximate surface area is 125 Å².